The summed E-state index contributed by atoms with van der Waals surface area (Å²) in [6.45, 7) is 2.58. The monoisotopic (exact) mass is 361 g/mol. The Hall–Kier alpha value is -1.92. The number of nitrogens with zero attached hydrogens (tertiary/aromatic N) is 3. The summed E-state index contributed by atoms with van der Waals surface area (Å²) in [5.74, 6) is 2.32. The number of rotatable bonds is 3. The highest BCUT2D eigenvalue weighted by atomic mass is 35.5. The molecular formula is C18H24ClN5O. The largest absolute Gasteiger partial charge is 0.341 e. The lowest BCUT2D eigenvalue weighted by Gasteiger charge is -2.32. The van der Waals surface area contributed by atoms with Gasteiger partial charge in [-0.15, -0.1) is 12.4 Å². The molecule has 3 heterocycles. The molecule has 2 aromatic rings. The number of benzene rings is 1. The normalized spacial score (nSPS) is 21.1. The second-order valence-corrected chi connectivity index (χ2v) is 6.66. The number of carbonyl (C=O) groups excluding carboxylic acids is 1. The molecule has 1 unspecified atom stereocenters. The number of aromatic amines is 1. The Labute approximate surface area is 153 Å². The van der Waals surface area contributed by atoms with E-state index in [1.165, 1.54) is 0 Å². The van der Waals surface area contributed by atoms with Crippen LogP contribution in [0.3, 0.4) is 0 Å². The predicted octanol–water partition coefficient (Wildman–Crippen LogP) is 2.35. The molecule has 4 rings (SSSR count). The van der Waals surface area contributed by atoms with Crippen molar-refractivity contribution in [3.05, 3.63) is 36.2 Å². The molecular weight excluding hydrogens is 338 g/mol. The van der Waals surface area contributed by atoms with Crippen LogP contribution in [0.5, 0.6) is 0 Å². The van der Waals surface area contributed by atoms with Crippen molar-refractivity contribution < 1.29 is 4.79 Å². The molecule has 2 fully saturated rings. The van der Waals surface area contributed by atoms with Gasteiger partial charge in [0.15, 0.2) is 5.82 Å². The second kappa shape index (κ2) is 7.97. The molecule has 0 aliphatic carbocycles. The molecule has 0 radical (unpaired) electrons. The summed E-state index contributed by atoms with van der Waals surface area (Å²) >= 11 is 0. The second-order valence-electron chi connectivity index (χ2n) is 6.66. The first kappa shape index (κ1) is 17.9. The van der Waals surface area contributed by atoms with E-state index in [9.17, 15) is 4.79 Å². The molecule has 2 aliphatic rings. The van der Waals surface area contributed by atoms with Crippen molar-refractivity contribution in [2.75, 3.05) is 19.6 Å². The zero-order valence-electron chi connectivity index (χ0n) is 14.1. The van der Waals surface area contributed by atoms with Crippen LogP contribution in [0.4, 0.5) is 0 Å². The van der Waals surface area contributed by atoms with E-state index in [0.29, 0.717) is 5.92 Å². The zero-order valence-corrected chi connectivity index (χ0v) is 15.0. The van der Waals surface area contributed by atoms with Crippen molar-refractivity contribution in [3.63, 3.8) is 0 Å². The van der Waals surface area contributed by atoms with Crippen molar-refractivity contribution in [1.82, 2.24) is 25.4 Å². The molecule has 2 N–H and O–H groups in total. The van der Waals surface area contributed by atoms with Crippen LogP contribution in [0.2, 0.25) is 0 Å². The minimum Gasteiger partial charge on any atom is -0.341 e. The van der Waals surface area contributed by atoms with Gasteiger partial charge < -0.3 is 10.2 Å². The van der Waals surface area contributed by atoms with Gasteiger partial charge in [-0.1, -0.05) is 30.3 Å². The number of amides is 1. The van der Waals surface area contributed by atoms with Gasteiger partial charge in [-0.2, -0.15) is 5.10 Å². The zero-order chi connectivity index (χ0) is 16.4. The maximum atomic E-state index is 12.5. The van der Waals surface area contributed by atoms with E-state index in [2.05, 4.69) is 20.5 Å². The Morgan fingerprint density at radius 3 is 2.56 bits per heavy atom. The number of hydrogen-bond donors (Lipinski definition) is 2. The maximum Gasteiger partial charge on any atom is 0.239 e. The minimum atomic E-state index is 0. The molecule has 1 amide bonds. The third-order valence-corrected chi connectivity index (χ3v) is 5.09. The Morgan fingerprint density at radius 2 is 1.88 bits per heavy atom. The number of halogens is 1. The first-order chi connectivity index (χ1) is 11.8. The molecule has 2 aliphatic heterocycles. The molecule has 1 aromatic carbocycles. The van der Waals surface area contributed by atoms with Gasteiger partial charge in [0.1, 0.15) is 5.82 Å². The number of likely N-dealkylation sites (tertiary alicyclic amines) is 1. The molecule has 1 aromatic heterocycles. The van der Waals surface area contributed by atoms with Crippen LogP contribution in [0.15, 0.2) is 30.3 Å². The third kappa shape index (κ3) is 3.85. The fraction of sp³-hybridized carbons (Fsp3) is 0.500. The van der Waals surface area contributed by atoms with Crippen molar-refractivity contribution >= 4 is 18.3 Å². The average molecular weight is 362 g/mol. The smallest absolute Gasteiger partial charge is 0.239 e. The van der Waals surface area contributed by atoms with Gasteiger partial charge in [-0.25, -0.2) is 4.98 Å². The quantitative estimate of drug-likeness (QED) is 0.880. The van der Waals surface area contributed by atoms with Gasteiger partial charge in [0.05, 0.1) is 6.04 Å². The van der Waals surface area contributed by atoms with Crippen LogP contribution in [-0.2, 0) is 4.79 Å². The minimum absolute atomic E-state index is 0. The molecule has 0 saturated carbocycles. The lowest BCUT2D eigenvalue weighted by atomic mass is 9.95. The van der Waals surface area contributed by atoms with Crippen LogP contribution in [0.25, 0.3) is 11.4 Å². The molecule has 134 valence electrons. The van der Waals surface area contributed by atoms with E-state index in [0.717, 1.165) is 62.5 Å². The number of piperidine rings is 1. The molecule has 2 saturated heterocycles. The lowest BCUT2D eigenvalue weighted by molar-refractivity contribution is -0.134. The van der Waals surface area contributed by atoms with E-state index >= 15 is 0 Å². The summed E-state index contributed by atoms with van der Waals surface area (Å²) in [5.41, 5.74) is 1.03. The average Bonchev–Trinajstić information content (AvgIpc) is 3.34. The maximum absolute atomic E-state index is 12.5. The van der Waals surface area contributed by atoms with Gasteiger partial charge >= 0.3 is 0 Å². The Balaban J connectivity index is 0.00000182. The van der Waals surface area contributed by atoms with Gasteiger partial charge in [0, 0.05) is 24.6 Å². The van der Waals surface area contributed by atoms with Crippen LogP contribution >= 0.6 is 12.4 Å². The molecule has 0 bridgehead atoms. The van der Waals surface area contributed by atoms with E-state index in [-0.39, 0.29) is 24.4 Å². The Kier molecular flexibility index (Phi) is 5.71. The Morgan fingerprint density at radius 1 is 1.12 bits per heavy atom. The van der Waals surface area contributed by atoms with Crippen molar-refractivity contribution in [1.29, 1.82) is 0 Å². The van der Waals surface area contributed by atoms with Gasteiger partial charge in [-0.05, 0) is 32.2 Å². The van der Waals surface area contributed by atoms with Gasteiger partial charge in [-0.3, -0.25) is 9.89 Å². The summed E-state index contributed by atoms with van der Waals surface area (Å²) in [7, 11) is 0. The first-order valence-electron chi connectivity index (χ1n) is 8.81. The standard InChI is InChI=1S/C18H23N5O.ClH/c24-18(15-7-4-10-19-15)23-11-8-14(9-12-23)17-20-16(21-22-17)13-5-2-1-3-6-13;/h1-3,5-6,14-15,19H,4,7-12H2,(H,20,21,22);1H. The highest BCUT2D eigenvalue weighted by Crippen LogP contribution is 2.27. The first-order valence-corrected chi connectivity index (χ1v) is 8.81. The number of aromatic nitrogens is 3. The molecule has 0 spiro atoms. The van der Waals surface area contributed by atoms with Gasteiger partial charge in [0.25, 0.3) is 0 Å². The number of H-pyrrole nitrogens is 1. The van der Waals surface area contributed by atoms with Crippen molar-refractivity contribution in [2.45, 2.75) is 37.6 Å². The molecule has 7 heteroatoms. The predicted molar refractivity (Wildman–Crippen MR) is 98.6 cm³/mol. The van der Waals surface area contributed by atoms with E-state index in [1.807, 2.05) is 35.2 Å². The summed E-state index contributed by atoms with van der Waals surface area (Å²) in [4.78, 5) is 19.1. The van der Waals surface area contributed by atoms with Crippen LogP contribution in [0, 0.1) is 0 Å². The van der Waals surface area contributed by atoms with Crippen molar-refractivity contribution in [2.24, 2.45) is 0 Å². The fourth-order valence-corrected chi connectivity index (χ4v) is 3.66. The summed E-state index contributed by atoms with van der Waals surface area (Å²) in [5, 5.41) is 10.7. The number of hydrogen-bond acceptors (Lipinski definition) is 4. The van der Waals surface area contributed by atoms with Crippen LogP contribution in [0.1, 0.15) is 37.4 Å². The summed E-state index contributed by atoms with van der Waals surface area (Å²) in [6.07, 6.45) is 3.97. The fourth-order valence-electron chi connectivity index (χ4n) is 3.66. The molecule has 25 heavy (non-hydrogen) atoms. The van der Waals surface area contributed by atoms with Crippen LogP contribution < -0.4 is 5.32 Å². The highest BCUT2D eigenvalue weighted by Gasteiger charge is 2.31. The van der Waals surface area contributed by atoms with Gasteiger partial charge in [0.2, 0.25) is 5.91 Å². The Bertz CT molecular complexity index is 691. The summed E-state index contributed by atoms with van der Waals surface area (Å²) < 4.78 is 0. The van der Waals surface area contributed by atoms with E-state index in [4.69, 9.17) is 0 Å². The van der Waals surface area contributed by atoms with Crippen LogP contribution in [-0.4, -0.2) is 51.7 Å². The topological polar surface area (TPSA) is 73.9 Å². The molecule has 6 nitrogen and oxygen atoms in total. The number of carbonyl (C=O) groups is 1. The SMILES string of the molecule is Cl.O=C(C1CCCN1)N1CCC(c2nc(-c3ccccc3)n[nH]2)CC1. The van der Waals surface area contributed by atoms with Crippen molar-refractivity contribution in [3.8, 4) is 11.4 Å². The highest BCUT2D eigenvalue weighted by molar-refractivity contribution is 5.85. The molecule has 1 atom stereocenters. The van der Waals surface area contributed by atoms with E-state index in [1.54, 1.807) is 0 Å². The van der Waals surface area contributed by atoms with E-state index < -0.39 is 0 Å². The lowest BCUT2D eigenvalue weighted by Crippen LogP contribution is -2.46. The third-order valence-electron chi connectivity index (χ3n) is 5.09. The summed E-state index contributed by atoms with van der Waals surface area (Å²) in [6, 6.07) is 10.0. The number of nitrogens with one attached hydrogen (secondary N) is 2.